The average molecular weight is 500 g/mol. The van der Waals surface area contributed by atoms with Gasteiger partial charge < -0.3 is 9.30 Å². The van der Waals surface area contributed by atoms with Gasteiger partial charge in [0.15, 0.2) is 4.80 Å². The summed E-state index contributed by atoms with van der Waals surface area (Å²) in [6.45, 7) is 4.47. The van der Waals surface area contributed by atoms with E-state index in [1.54, 1.807) is 25.5 Å². The van der Waals surface area contributed by atoms with Crippen molar-refractivity contribution in [2.24, 2.45) is 12.0 Å². The normalized spacial score (nSPS) is 14.6. The zero-order valence-electron chi connectivity index (χ0n) is 19.1. The third-order valence-electron chi connectivity index (χ3n) is 5.80. The van der Waals surface area contributed by atoms with Gasteiger partial charge in [-0.25, -0.2) is 13.2 Å². The van der Waals surface area contributed by atoms with Gasteiger partial charge in [-0.2, -0.15) is 9.30 Å². The van der Waals surface area contributed by atoms with Gasteiger partial charge in [-0.05, 0) is 55.7 Å². The summed E-state index contributed by atoms with van der Waals surface area (Å²) in [6.07, 6.45) is 0.663. The molecule has 0 unspecified atom stereocenters. The third kappa shape index (κ3) is 4.61. The molecule has 10 heteroatoms. The van der Waals surface area contributed by atoms with E-state index >= 15 is 0 Å². The molecule has 0 atom stereocenters. The Labute approximate surface area is 202 Å². The van der Waals surface area contributed by atoms with Gasteiger partial charge in [0.2, 0.25) is 10.0 Å². The lowest BCUT2D eigenvalue weighted by Crippen LogP contribution is -2.35. The van der Waals surface area contributed by atoms with E-state index in [1.807, 2.05) is 24.3 Å². The molecule has 0 saturated carbocycles. The van der Waals surface area contributed by atoms with E-state index in [2.05, 4.69) is 4.99 Å². The minimum Gasteiger partial charge on any atom is -0.462 e. The zero-order chi connectivity index (χ0) is 24.5. The highest BCUT2D eigenvalue weighted by atomic mass is 32.2. The molecular formula is C24H25N3O5S2. The number of thiazole rings is 1. The predicted molar refractivity (Wildman–Crippen MR) is 128 cm³/mol. The fourth-order valence-electron chi connectivity index (χ4n) is 3.76. The summed E-state index contributed by atoms with van der Waals surface area (Å²) in [5.74, 6) is -0.979. The Morgan fingerprint density at radius 2 is 1.76 bits per heavy atom. The summed E-state index contributed by atoms with van der Waals surface area (Å²) in [5.41, 5.74) is 3.08. The van der Waals surface area contributed by atoms with Gasteiger partial charge in [0.25, 0.3) is 5.91 Å². The highest BCUT2D eigenvalue weighted by Gasteiger charge is 2.28. The number of fused-ring (bicyclic) bond motifs is 1. The first-order valence-corrected chi connectivity index (χ1v) is 13.1. The molecule has 1 aliphatic heterocycles. The van der Waals surface area contributed by atoms with Crippen LogP contribution in [-0.2, 0) is 34.8 Å². The van der Waals surface area contributed by atoms with Crippen LogP contribution in [0.2, 0.25) is 0 Å². The maximum Gasteiger partial charge on any atom is 0.350 e. The Balaban J connectivity index is 1.56. The van der Waals surface area contributed by atoms with Crippen molar-refractivity contribution >= 4 is 33.2 Å². The number of carbonyl (C=O) groups excluding carboxylic acids is 2. The second-order valence-corrected chi connectivity index (χ2v) is 10.8. The van der Waals surface area contributed by atoms with Crippen molar-refractivity contribution in [3.63, 3.8) is 0 Å². The molecule has 1 aliphatic rings. The number of hydrogen-bond acceptors (Lipinski definition) is 6. The maximum absolute atomic E-state index is 13.1. The minimum absolute atomic E-state index is 0.130. The molecule has 0 spiro atoms. The van der Waals surface area contributed by atoms with Gasteiger partial charge in [-0.15, -0.1) is 0 Å². The molecule has 0 saturated heterocycles. The topological polar surface area (TPSA) is 98.0 Å². The number of benzene rings is 2. The molecule has 3 aromatic rings. The molecule has 2 aromatic carbocycles. The largest absolute Gasteiger partial charge is 0.462 e. The van der Waals surface area contributed by atoms with Gasteiger partial charge in [0.05, 0.1) is 11.5 Å². The first-order chi connectivity index (χ1) is 16.2. The van der Waals surface area contributed by atoms with E-state index < -0.39 is 21.9 Å². The molecule has 2 heterocycles. The van der Waals surface area contributed by atoms with Gasteiger partial charge >= 0.3 is 5.97 Å². The molecule has 0 radical (unpaired) electrons. The van der Waals surface area contributed by atoms with Crippen molar-refractivity contribution in [1.29, 1.82) is 0 Å². The standard InChI is InChI=1S/C24H25N3O5S2/c1-4-32-23(29)21-16(2)26(3)24(33-21)25-22(28)18-9-11-20(12-10-18)34(30,31)27-14-13-17-7-5-6-8-19(17)15-27/h5-12H,4,13-15H2,1-3H3. The second kappa shape index (κ2) is 9.65. The summed E-state index contributed by atoms with van der Waals surface area (Å²) in [4.78, 5) is 29.8. The molecule has 0 aliphatic carbocycles. The van der Waals surface area contributed by atoms with Crippen LogP contribution >= 0.6 is 11.3 Å². The molecule has 0 N–H and O–H groups in total. The predicted octanol–water partition coefficient (Wildman–Crippen LogP) is 3.06. The van der Waals surface area contributed by atoms with Crippen LogP contribution in [-0.4, -0.2) is 42.3 Å². The van der Waals surface area contributed by atoms with Crippen molar-refractivity contribution in [1.82, 2.24) is 8.87 Å². The summed E-state index contributed by atoms with van der Waals surface area (Å²) in [5, 5.41) is 0. The number of nitrogens with zero attached hydrogens (tertiary/aromatic N) is 3. The summed E-state index contributed by atoms with van der Waals surface area (Å²) in [7, 11) is -1.98. The molecule has 1 amide bonds. The number of ether oxygens (including phenoxy) is 1. The smallest absolute Gasteiger partial charge is 0.350 e. The Kier molecular flexibility index (Phi) is 6.83. The monoisotopic (exact) mass is 499 g/mol. The summed E-state index contributed by atoms with van der Waals surface area (Å²) in [6, 6.07) is 13.6. The molecule has 0 bridgehead atoms. The van der Waals surface area contributed by atoms with Crippen LogP contribution in [0.5, 0.6) is 0 Å². The number of hydrogen-bond donors (Lipinski definition) is 0. The van der Waals surface area contributed by atoms with Gasteiger partial charge in [-0.3, -0.25) is 4.79 Å². The SMILES string of the molecule is CCOC(=O)c1sc(=NC(=O)c2ccc(S(=O)(=O)N3CCc4ccccc4C3)cc2)n(C)c1C. The number of aromatic nitrogens is 1. The highest BCUT2D eigenvalue weighted by Crippen LogP contribution is 2.25. The quantitative estimate of drug-likeness (QED) is 0.503. The van der Waals surface area contributed by atoms with Gasteiger partial charge in [0.1, 0.15) is 4.88 Å². The highest BCUT2D eigenvalue weighted by molar-refractivity contribution is 7.89. The van der Waals surface area contributed by atoms with Crippen molar-refractivity contribution in [3.05, 3.63) is 80.6 Å². The van der Waals surface area contributed by atoms with Gasteiger partial charge in [-0.1, -0.05) is 35.6 Å². The van der Waals surface area contributed by atoms with Crippen LogP contribution < -0.4 is 4.80 Å². The first kappa shape index (κ1) is 24.1. The van der Waals surface area contributed by atoms with E-state index in [1.165, 1.54) is 34.1 Å². The lowest BCUT2D eigenvalue weighted by molar-refractivity contribution is 0.0530. The molecule has 34 heavy (non-hydrogen) atoms. The van der Waals surface area contributed by atoms with Crippen molar-refractivity contribution < 1.29 is 22.7 Å². The maximum atomic E-state index is 13.1. The third-order valence-corrected chi connectivity index (χ3v) is 8.88. The van der Waals surface area contributed by atoms with E-state index in [4.69, 9.17) is 4.74 Å². The Morgan fingerprint density at radius 1 is 1.09 bits per heavy atom. The Bertz CT molecular complexity index is 1420. The molecule has 0 fully saturated rings. The Morgan fingerprint density at radius 3 is 2.44 bits per heavy atom. The van der Waals surface area contributed by atoms with Crippen LogP contribution in [0.25, 0.3) is 0 Å². The average Bonchev–Trinajstić information content (AvgIpc) is 3.12. The van der Waals surface area contributed by atoms with E-state index in [9.17, 15) is 18.0 Å². The number of rotatable bonds is 5. The number of sulfonamides is 1. The van der Waals surface area contributed by atoms with E-state index in [0.29, 0.717) is 34.9 Å². The number of esters is 1. The van der Waals surface area contributed by atoms with Crippen molar-refractivity contribution in [2.75, 3.05) is 13.2 Å². The van der Waals surface area contributed by atoms with Crippen LogP contribution in [0.4, 0.5) is 0 Å². The van der Waals surface area contributed by atoms with Crippen molar-refractivity contribution in [3.8, 4) is 0 Å². The van der Waals surface area contributed by atoms with Gasteiger partial charge in [0, 0.05) is 31.4 Å². The molecule has 1 aromatic heterocycles. The van der Waals surface area contributed by atoms with Crippen LogP contribution in [0.3, 0.4) is 0 Å². The second-order valence-electron chi connectivity index (χ2n) is 7.88. The van der Waals surface area contributed by atoms with E-state index in [0.717, 1.165) is 16.9 Å². The zero-order valence-corrected chi connectivity index (χ0v) is 20.8. The first-order valence-electron chi connectivity index (χ1n) is 10.8. The molecule has 8 nitrogen and oxygen atoms in total. The fourth-order valence-corrected chi connectivity index (χ4v) is 6.19. The number of carbonyl (C=O) groups is 2. The van der Waals surface area contributed by atoms with Crippen LogP contribution in [0, 0.1) is 6.92 Å². The number of amides is 1. The molecule has 178 valence electrons. The minimum atomic E-state index is -3.69. The van der Waals surface area contributed by atoms with Crippen molar-refractivity contribution in [2.45, 2.75) is 31.7 Å². The molecular weight excluding hydrogens is 474 g/mol. The Hall–Kier alpha value is -3.08. The lowest BCUT2D eigenvalue weighted by Gasteiger charge is -2.28. The van der Waals surface area contributed by atoms with E-state index in [-0.39, 0.29) is 17.1 Å². The summed E-state index contributed by atoms with van der Waals surface area (Å²) < 4.78 is 34.5. The lowest BCUT2D eigenvalue weighted by atomic mass is 10.0. The van der Waals surface area contributed by atoms with Crippen LogP contribution in [0.1, 0.15) is 43.8 Å². The van der Waals surface area contributed by atoms with Crippen LogP contribution in [0.15, 0.2) is 58.4 Å². The molecule has 4 rings (SSSR count). The summed E-state index contributed by atoms with van der Waals surface area (Å²) >= 11 is 1.08. The fraction of sp³-hybridized carbons (Fsp3) is 0.292.